The van der Waals surface area contributed by atoms with E-state index in [0.717, 1.165) is 37.2 Å². The van der Waals surface area contributed by atoms with Gasteiger partial charge < -0.3 is 9.47 Å². The molecule has 0 aliphatic carbocycles. The minimum atomic E-state index is 0.0346. The maximum atomic E-state index is 11.6. The minimum absolute atomic E-state index is 0.0346. The summed E-state index contributed by atoms with van der Waals surface area (Å²) in [6, 6.07) is 5.48. The van der Waals surface area contributed by atoms with Gasteiger partial charge in [-0.2, -0.15) is 0 Å². The summed E-state index contributed by atoms with van der Waals surface area (Å²) in [7, 11) is 0. The largest absolute Gasteiger partial charge is 0.493 e. The zero-order valence-corrected chi connectivity index (χ0v) is 13.6. The molecule has 0 saturated carbocycles. The molecule has 3 nitrogen and oxygen atoms in total. The van der Waals surface area contributed by atoms with Crippen molar-refractivity contribution in [2.24, 2.45) is 0 Å². The summed E-state index contributed by atoms with van der Waals surface area (Å²) in [6.45, 7) is 7.27. The Hall–Kier alpha value is -1.51. The zero-order chi connectivity index (χ0) is 15.5. The third kappa shape index (κ3) is 7.16. The van der Waals surface area contributed by atoms with E-state index < -0.39 is 0 Å². The second-order valence-electron chi connectivity index (χ2n) is 5.36. The SMILES string of the molecule is CCCCCOc1cc(OCCCCC)cc(C(C)=O)c1. The van der Waals surface area contributed by atoms with Gasteiger partial charge in [0, 0.05) is 11.6 Å². The minimum Gasteiger partial charge on any atom is -0.493 e. The molecule has 0 atom stereocenters. The van der Waals surface area contributed by atoms with Crippen LogP contribution in [0.1, 0.15) is 69.7 Å². The van der Waals surface area contributed by atoms with Gasteiger partial charge in [0.1, 0.15) is 11.5 Å². The second kappa shape index (κ2) is 10.3. The first-order valence-corrected chi connectivity index (χ1v) is 8.09. The molecule has 1 rings (SSSR count). The van der Waals surface area contributed by atoms with Crippen molar-refractivity contribution in [2.45, 2.75) is 59.3 Å². The highest BCUT2D eigenvalue weighted by atomic mass is 16.5. The molecule has 0 N–H and O–H groups in total. The molecule has 0 fully saturated rings. The van der Waals surface area contributed by atoms with E-state index in [2.05, 4.69) is 13.8 Å². The number of carbonyl (C=O) groups excluding carboxylic acids is 1. The molecule has 0 unspecified atom stereocenters. The van der Waals surface area contributed by atoms with Gasteiger partial charge in [0.2, 0.25) is 0 Å². The van der Waals surface area contributed by atoms with Crippen LogP contribution in [-0.4, -0.2) is 19.0 Å². The van der Waals surface area contributed by atoms with Crippen molar-refractivity contribution < 1.29 is 14.3 Å². The highest BCUT2D eigenvalue weighted by molar-refractivity contribution is 5.94. The quantitative estimate of drug-likeness (QED) is 0.424. The normalized spacial score (nSPS) is 10.4. The van der Waals surface area contributed by atoms with Gasteiger partial charge in [0.05, 0.1) is 13.2 Å². The Balaban J connectivity index is 2.63. The van der Waals surface area contributed by atoms with E-state index in [0.29, 0.717) is 18.8 Å². The van der Waals surface area contributed by atoms with Crippen LogP contribution in [0.3, 0.4) is 0 Å². The Labute approximate surface area is 128 Å². The van der Waals surface area contributed by atoms with Crippen LogP contribution >= 0.6 is 0 Å². The summed E-state index contributed by atoms with van der Waals surface area (Å²) in [5.74, 6) is 1.49. The van der Waals surface area contributed by atoms with Gasteiger partial charge in [-0.05, 0) is 31.9 Å². The number of hydrogen-bond donors (Lipinski definition) is 0. The van der Waals surface area contributed by atoms with Crippen LogP contribution in [0.25, 0.3) is 0 Å². The fourth-order valence-electron chi connectivity index (χ4n) is 2.03. The van der Waals surface area contributed by atoms with Crippen molar-refractivity contribution in [2.75, 3.05) is 13.2 Å². The number of Topliss-reactive ketones (excluding diaryl/α,β-unsaturated/α-hetero) is 1. The molecule has 0 radical (unpaired) electrons. The van der Waals surface area contributed by atoms with Gasteiger partial charge in [-0.3, -0.25) is 4.79 Å². The van der Waals surface area contributed by atoms with Crippen molar-refractivity contribution in [3.8, 4) is 11.5 Å². The fourth-order valence-corrected chi connectivity index (χ4v) is 2.03. The van der Waals surface area contributed by atoms with Gasteiger partial charge in [-0.25, -0.2) is 0 Å². The lowest BCUT2D eigenvalue weighted by atomic mass is 10.1. The summed E-state index contributed by atoms with van der Waals surface area (Å²) in [5.41, 5.74) is 0.647. The summed E-state index contributed by atoms with van der Waals surface area (Å²) in [5, 5.41) is 0. The highest BCUT2D eigenvalue weighted by Crippen LogP contribution is 2.24. The Morgan fingerprint density at radius 2 is 1.33 bits per heavy atom. The number of benzene rings is 1. The van der Waals surface area contributed by atoms with E-state index in [1.165, 1.54) is 12.8 Å². The topological polar surface area (TPSA) is 35.5 Å². The number of carbonyl (C=O) groups is 1. The van der Waals surface area contributed by atoms with E-state index in [4.69, 9.17) is 9.47 Å². The maximum Gasteiger partial charge on any atom is 0.160 e. The van der Waals surface area contributed by atoms with Crippen molar-refractivity contribution >= 4 is 5.78 Å². The fraction of sp³-hybridized carbons (Fsp3) is 0.611. The highest BCUT2D eigenvalue weighted by Gasteiger charge is 2.07. The van der Waals surface area contributed by atoms with Crippen molar-refractivity contribution in [1.29, 1.82) is 0 Å². The van der Waals surface area contributed by atoms with Crippen molar-refractivity contribution in [3.63, 3.8) is 0 Å². The van der Waals surface area contributed by atoms with E-state index >= 15 is 0 Å². The molecule has 0 aromatic heterocycles. The summed E-state index contributed by atoms with van der Waals surface area (Å²) in [6.07, 6.45) is 6.73. The van der Waals surface area contributed by atoms with Gasteiger partial charge in [-0.15, -0.1) is 0 Å². The Morgan fingerprint density at radius 3 is 1.71 bits per heavy atom. The van der Waals surface area contributed by atoms with Gasteiger partial charge in [-0.1, -0.05) is 39.5 Å². The van der Waals surface area contributed by atoms with E-state index in [1.807, 2.05) is 6.07 Å². The molecule has 0 aliphatic heterocycles. The van der Waals surface area contributed by atoms with Gasteiger partial charge in [0.25, 0.3) is 0 Å². The van der Waals surface area contributed by atoms with Gasteiger partial charge >= 0.3 is 0 Å². The molecule has 1 aromatic rings. The van der Waals surface area contributed by atoms with Crippen LogP contribution in [0.2, 0.25) is 0 Å². The van der Waals surface area contributed by atoms with Crippen molar-refractivity contribution in [1.82, 2.24) is 0 Å². The molecule has 0 amide bonds. The van der Waals surface area contributed by atoms with Crippen LogP contribution in [0, 0.1) is 0 Å². The Morgan fingerprint density at radius 1 is 0.857 bits per heavy atom. The Kier molecular flexibility index (Phi) is 8.56. The first kappa shape index (κ1) is 17.5. The van der Waals surface area contributed by atoms with E-state index in [-0.39, 0.29) is 5.78 Å². The first-order chi connectivity index (χ1) is 10.2. The average Bonchev–Trinajstić information content (AvgIpc) is 2.48. The lowest BCUT2D eigenvalue weighted by Crippen LogP contribution is -2.02. The summed E-state index contributed by atoms with van der Waals surface area (Å²) in [4.78, 5) is 11.6. The smallest absolute Gasteiger partial charge is 0.160 e. The molecular formula is C18H28O3. The standard InChI is InChI=1S/C18H28O3/c1-4-6-8-10-20-17-12-16(15(3)19)13-18(14-17)21-11-9-7-5-2/h12-14H,4-11H2,1-3H3. The lowest BCUT2D eigenvalue weighted by Gasteiger charge is -2.11. The first-order valence-electron chi connectivity index (χ1n) is 8.09. The predicted molar refractivity (Wildman–Crippen MR) is 86.5 cm³/mol. The van der Waals surface area contributed by atoms with Gasteiger partial charge in [0.15, 0.2) is 5.78 Å². The number of ketones is 1. The summed E-state index contributed by atoms with van der Waals surface area (Å²) >= 11 is 0. The van der Waals surface area contributed by atoms with E-state index in [9.17, 15) is 4.79 Å². The molecule has 3 heteroatoms. The molecule has 0 spiro atoms. The molecule has 118 valence electrons. The second-order valence-corrected chi connectivity index (χ2v) is 5.36. The van der Waals surface area contributed by atoms with Crippen LogP contribution in [-0.2, 0) is 0 Å². The maximum absolute atomic E-state index is 11.6. The molecule has 21 heavy (non-hydrogen) atoms. The molecule has 1 aromatic carbocycles. The molecule has 0 heterocycles. The number of unbranched alkanes of at least 4 members (excludes halogenated alkanes) is 4. The molecular weight excluding hydrogens is 264 g/mol. The predicted octanol–water partition coefficient (Wildman–Crippen LogP) is 5.03. The molecule has 0 bridgehead atoms. The number of ether oxygens (including phenoxy) is 2. The Bertz CT molecular complexity index is 396. The monoisotopic (exact) mass is 292 g/mol. The van der Waals surface area contributed by atoms with Crippen molar-refractivity contribution in [3.05, 3.63) is 23.8 Å². The average molecular weight is 292 g/mol. The van der Waals surface area contributed by atoms with Crippen LogP contribution < -0.4 is 9.47 Å². The molecule has 0 saturated heterocycles. The third-order valence-electron chi connectivity index (χ3n) is 3.32. The zero-order valence-electron chi connectivity index (χ0n) is 13.6. The number of rotatable bonds is 11. The molecule has 0 aliphatic rings. The van der Waals surface area contributed by atoms with Crippen LogP contribution in [0.4, 0.5) is 0 Å². The lowest BCUT2D eigenvalue weighted by molar-refractivity contribution is 0.101. The number of hydrogen-bond acceptors (Lipinski definition) is 3. The summed E-state index contributed by atoms with van der Waals surface area (Å²) < 4.78 is 11.5. The van der Waals surface area contributed by atoms with Crippen LogP contribution in [0.15, 0.2) is 18.2 Å². The van der Waals surface area contributed by atoms with Crippen LogP contribution in [0.5, 0.6) is 11.5 Å². The third-order valence-corrected chi connectivity index (χ3v) is 3.32. The van der Waals surface area contributed by atoms with E-state index in [1.54, 1.807) is 19.1 Å².